The molecule has 6 heteroatoms. The van der Waals surface area contributed by atoms with Gasteiger partial charge >= 0.3 is 0 Å². The molecule has 0 aliphatic heterocycles. The Morgan fingerprint density at radius 2 is 1.70 bits per heavy atom. The maximum absolute atomic E-state index is 5.89. The Morgan fingerprint density at radius 3 is 2.48 bits per heavy atom. The molecule has 0 aliphatic carbocycles. The van der Waals surface area contributed by atoms with Crippen LogP contribution in [0.4, 0.5) is 5.82 Å². The monoisotopic (exact) mass is 435 g/mol. The first-order valence-corrected chi connectivity index (χ1v) is 11.0. The van der Waals surface area contributed by atoms with Crippen molar-refractivity contribution in [2.45, 2.75) is 26.4 Å². The van der Waals surface area contributed by atoms with Crippen molar-refractivity contribution >= 4 is 17.0 Å². The second-order valence-electron chi connectivity index (χ2n) is 8.13. The average molecular weight is 436 g/mol. The summed E-state index contributed by atoms with van der Waals surface area (Å²) in [5.41, 5.74) is 12.8. The molecule has 5 aromatic rings. The van der Waals surface area contributed by atoms with Crippen LogP contribution in [0.1, 0.15) is 22.6 Å². The van der Waals surface area contributed by atoms with Gasteiger partial charge in [-0.05, 0) is 60.4 Å². The Bertz CT molecular complexity index is 1360. The van der Waals surface area contributed by atoms with Crippen molar-refractivity contribution in [2.75, 3.05) is 5.73 Å². The number of hydrogen-bond donors (Lipinski definition) is 2. The smallest absolute Gasteiger partial charge is 0.157 e. The van der Waals surface area contributed by atoms with Crippen LogP contribution < -0.4 is 10.5 Å². The van der Waals surface area contributed by atoms with E-state index in [0.717, 1.165) is 63.5 Å². The van der Waals surface area contributed by atoms with E-state index in [1.807, 2.05) is 61.7 Å². The Hall–Kier alpha value is -4.19. The van der Waals surface area contributed by atoms with Gasteiger partial charge < -0.3 is 15.5 Å². The van der Waals surface area contributed by atoms with E-state index in [-0.39, 0.29) is 0 Å². The van der Waals surface area contributed by atoms with Gasteiger partial charge in [-0.15, -0.1) is 0 Å². The Labute approximate surface area is 192 Å². The number of aryl methyl sites for hydroxylation is 3. The van der Waals surface area contributed by atoms with Crippen LogP contribution >= 0.6 is 0 Å². The second-order valence-corrected chi connectivity index (χ2v) is 8.13. The minimum atomic E-state index is 0.550. The second kappa shape index (κ2) is 9.12. The molecule has 164 valence electrons. The third kappa shape index (κ3) is 5.01. The number of anilines is 1. The van der Waals surface area contributed by atoms with Gasteiger partial charge in [0.15, 0.2) is 5.65 Å². The molecule has 0 saturated heterocycles. The summed E-state index contributed by atoms with van der Waals surface area (Å²) in [5.74, 6) is 2.28. The first-order chi connectivity index (χ1) is 16.1. The summed E-state index contributed by atoms with van der Waals surface area (Å²) in [6.07, 6.45) is 3.38. The van der Waals surface area contributed by atoms with E-state index < -0.39 is 0 Å². The number of aromatic nitrogens is 4. The number of nitrogens with zero attached hydrogens (tertiary/aromatic N) is 3. The average Bonchev–Trinajstić information content (AvgIpc) is 3.24. The van der Waals surface area contributed by atoms with Crippen molar-refractivity contribution in [2.24, 2.45) is 0 Å². The summed E-state index contributed by atoms with van der Waals surface area (Å²) in [7, 11) is 0. The summed E-state index contributed by atoms with van der Waals surface area (Å²) in [6, 6.07) is 24.2. The predicted molar refractivity (Wildman–Crippen MR) is 131 cm³/mol. The lowest BCUT2D eigenvalue weighted by Gasteiger charge is -2.07. The molecule has 0 fully saturated rings. The number of imidazole rings is 1. The molecule has 0 unspecified atom stereocenters. The molecule has 5 rings (SSSR count). The topological polar surface area (TPSA) is 89.7 Å². The van der Waals surface area contributed by atoms with Gasteiger partial charge in [-0.3, -0.25) is 0 Å². The highest BCUT2D eigenvalue weighted by molar-refractivity contribution is 5.78. The third-order valence-corrected chi connectivity index (χ3v) is 5.48. The lowest BCUT2D eigenvalue weighted by Crippen LogP contribution is -2.00. The predicted octanol–water partition coefficient (Wildman–Crippen LogP) is 5.27. The molecule has 0 spiro atoms. The summed E-state index contributed by atoms with van der Waals surface area (Å²) in [5, 5.41) is 0. The van der Waals surface area contributed by atoms with Crippen molar-refractivity contribution in [1.82, 2.24) is 19.9 Å². The molecular formula is C27H25N5O. The number of benzene rings is 2. The zero-order valence-corrected chi connectivity index (χ0v) is 18.5. The number of ether oxygens (including phenoxy) is 1. The van der Waals surface area contributed by atoms with Gasteiger partial charge in [0, 0.05) is 23.9 Å². The lowest BCUT2D eigenvalue weighted by atomic mass is 10.1. The highest BCUT2D eigenvalue weighted by Gasteiger charge is 2.08. The molecule has 33 heavy (non-hydrogen) atoms. The number of fused-ring (bicyclic) bond motifs is 1. The van der Waals surface area contributed by atoms with E-state index in [9.17, 15) is 0 Å². The van der Waals surface area contributed by atoms with Gasteiger partial charge in [-0.25, -0.2) is 15.0 Å². The van der Waals surface area contributed by atoms with Crippen LogP contribution in [0.25, 0.3) is 22.3 Å². The molecule has 0 amide bonds. The molecule has 0 saturated carbocycles. The van der Waals surface area contributed by atoms with Gasteiger partial charge in [0.1, 0.15) is 29.5 Å². The van der Waals surface area contributed by atoms with E-state index in [2.05, 4.69) is 39.2 Å². The van der Waals surface area contributed by atoms with Gasteiger partial charge in [0.05, 0.1) is 0 Å². The van der Waals surface area contributed by atoms with E-state index >= 15 is 0 Å². The highest BCUT2D eigenvalue weighted by atomic mass is 16.5. The normalized spacial score (nSPS) is 11.1. The number of rotatable bonds is 7. The van der Waals surface area contributed by atoms with E-state index in [0.29, 0.717) is 12.4 Å². The molecule has 3 aromatic heterocycles. The number of pyridine rings is 2. The lowest BCUT2D eigenvalue weighted by molar-refractivity contribution is 0.306. The van der Waals surface area contributed by atoms with Crippen LogP contribution in [-0.2, 0) is 19.4 Å². The molecule has 3 N–H and O–H groups in total. The fourth-order valence-corrected chi connectivity index (χ4v) is 3.85. The molecule has 0 aliphatic rings. The Morgan fingerprint density at radius 1 is 0.879 bits per heavy atom. The maximum atomic E-state index is 5.89. The first kappa shape index (κ1) is 20.7. The summed E-state index contributed by atoms with van der Waals surface area (Å²) >= 11 is 0. The number of nitrogen functional groups attached to an aromatic ring is 1. The molecule has 3 heterocycles. The van der Waals surface area contributed by atoms with Crippen LogP contribution in [0.3, 0.4) is 0 Å². The van der Waals surface area contributed by atoms with Crippen molar-refractivity contribution in [1.29, 1.82) is 0 Å². The van der Waals surface area contributed by atoms with Crippen LogP contribution in [0.15, 0.2) is 79.0 Å². The number of H-pyrrole nitrogens is 1. The maximum Gasteiger partial charge on any atom is 0.157 e. The van der Waals surface area contributed by atoms with E-state index in [1.165, 1.54) is 0 Å². The number of aromatic amines is 1. The zero-order valence-electron chi connectivity index (χ0n) is 18.5. The Kier molecular flexibility index (Phi) is 5.72. The van der Waals surface area contributed by atoms with Crippen molar-refractivity contribution in [3.05, 3.63) is 102 Å². The standard InChI is InChI=1S/C27H25N5O/c1-18-13-22(30-25(28)14-18)9-12-26-31-24-15-21(16-29-27(24)32-26)20-7-10-23(11-8-20)33-17-19-5-3-2-4-6-19/h2-8,10-11,13-16H,9,12,17H2,1H3,(H2,28,30)(H,29,31,32). The van der Waals surface area contributed by atoms with Gasteiger partial charge in [0.2, 0.25) is 0 Å². The van der Waals surface area contributed by atoms with Crippen molar-refractivity contribution in [3.8, 4) is 16.9 Å². The number of nitrogens with two attached hydrogens (primary N) is 1. The van der Waals surface area contributed by atoms with Crippen LogP contribution in [0.2, 0.25) is 0 Å². The number of hydrogen-bond acceptors (Lipinski definition) is 5. The van der Waals surface area contributed by atoms with E-state index in [1.54, 1.807) is 0 Å². The van der Waals surface area contributed by atoms with Crippen LogP contribution in [0, 0.1) is 6.92 Å². The highest BCUT2D eigenvalue weighted by Crippen LogP contribution is 2.25. The van der Waals surface area contributed by atoms with Crippen LogP contribution in [-0.4, -0.2) is 19.9 Å². The molecular weight excluding hydrogens is 410 g/mol. The molecule has 0 radical (unpaired) electrons. The van der Waals surface area contributed by atoms with Crippen molar-refractivity contribution in [3.63, 3.8) is 0 Å². The summed E-state index contributed by atoms with van der Waals surface area (Å²) < 4.78 is 5.89. The third-order valence-electron chi connectivity index (χ3n) is 5.48. The zero-order chi connectivity index (χ0) is 22.6. The van der Waals surface area contributed by atoms with E-state index in [4.69, 9.17) is 15.5 Å². The molecule has 0 bridgehead atoms. The van der Waals surface area contributed by atoms with Gasteiger partial charge in [-0.2, -0.15) is 0 Å². The SMILES string of the molecule is Cc1cc(N)nc(CCc2nc3cc(-c4ccc(OCc5ccccc5)cc4)cnc3[nH]2)c1. The molecule has 0 atom stereocenters. The summed E-state index contributed by atoms with van der Waals surface area (Å²) in [6.45, 7) is 2.57. The quantitative estimate of drug-likeness (QED) is 0.363. The van der Waals surface area contributed by atoms with Gasteiger partial charge in [0.25, 0.3) is 0 Å². The fraction of sp³-hybridized carbons (Fsp3) is 0.148. The van der Waals surface area contributed by atoms with Crippen molar-refractivity contribution < 1.29 is 4.74 Å². The minimum absolute atomic E-state index is 0.550. The molecule has 6 nitrogen and oxygen atoms in total. The minimum Gasteiger partial charge on any atom is -0.489 e. The summed E-state index contributed by atoms with van der Waals surface area (Å²) in [4.78, 5) is 17.0. The fourth-order valence-electron chi connectivity index (χ4n) is 3.85. The first-order valence-electron chi connectivity index (χ1n) is 11.0. The number of nitrogens with one attached hydrogen (secondary N) is 1. The Balaban J connectivity index is 1.27. The van der Waals surface area contributed by atoms with Crippen LogP contribution in [0.5, 0.6) is 5.75 Å². The molecule has 2 aromatic carbocycles. The largest absolute Gasteiger partial charge is 0.489 e. The van der Waals surface area contributed by atoms with Gasteiger partial charge in [-0.1, -0.05) is 42.5 Å².